The number of hydrogen-bond acceptors (Lipinski definition) is 2. The molecular formula is C40H26N2. The minimum Gasteiger partial charge on any atom is -0.256 e. The largest absolute Gasteiger partial charge is 0.256 e. The van der Waals surface area contributed by atoms with Crippen molar-refractivity contribution in [2.24, 2.45) is 0 Å². The van der Waals surface area contributed by atoms with Crippen LogP contribution in [0.1, 0.15) is 0 Å². The Morgan fingerprint density at radius 3 is 1.31 bits per heavy atom. The fourth-order valence-corrected chi connectivity index (χ4v) is 5.77. The molecule has 0 fully saturated rings. The van der Waals surface area contributed by atoms with Crippen molar-refractivity contribution < 1.29 is 0 Å². The van der Waals surface area contributed by atoms with E-state index in [2.05, 4.69) is 146 Å². The van der Waals surface area contributed by atoms with E-state index in [-0.39, 0.29) is 0 Å². The molecule has 0 unspecified atom stereocenters. The Balaban J connectivity index is 1.25. The number of benzene rings is 6. The Morgan fingerprint density at radius 1 is 0.286 bits per heavy atom. The quantitative estimate of drug-likeness (QED) is 0.224. The van der Waals surface area contributed by atoms with E-state index in [1.807, 2.05) is 12.3 Å². The highest BCUT2D eigenvalue weighted by Crippen LogP contribution is 2.33. The molecule has 0 aliphatic rings. The second kappa shape index (κ2) is 10.1. The van der Waals surface area contributed by atoms with Crippen molar-refractivity contribution in [2.75, 3.05) is 0 Å². The molecule has 2 nitrogen and oxygen atoms in total. The smallest absolute Gasteiger partial charge is 0.0715 e. The molecule has 196 valence electrons. The number of aromatic nitrogens is 2. The molecule has 8 aromatic rings. The molecule has 0 saturated carbocycles. The van der Waals surface area contributed by atoms with E-state index < -0.39 is 0 Å². The first-order valence-corrected chi connectivity index (χ1v) is 14.2. The van der Waals surface area contributed by atoms with E-state index in [0.717, 1.165) is 50.3 Å². The van der Waals surface area contributed by atoms with Crippen LogP contribution in [0.4, 0.5) is 0 Å². The van der Waals surface area contributed by atoms with Crippen molar-refractivity contribution in [2.45, 2.75) is 0 Å². The average Bonchev–Trinajstić information content (AvgIpc) is 3.07. The number of nitrogens with zero attached hydrogens (tertiary/aromatic N) is 2. The van der Waals surface area contributed by atoms with Crippen LogP contribution in [-0.2, 0) is 0 Å². The van der Waals surface area contributed by atoms with Crippen LogP contribution in [0.2, 0.25) is 0 Å². The lowest BCUT2D eigenvalue weighted by Crippen LogP contribution is -1.92. The zero-order valence-corrected chi connectivity index (χ0v) is 22.9. The van der Waals surface area contributed by atoms with Crippen molar-refractivity contribution in [3.63, 3.8) is 0 Å². The summed E-state index contributed by atoms with van der Waals surface area (Å²) in [5.74, 6) is 0. The molecule has 0 aliphatic heterocycles. The third kappa shape index (κ3) is 4.49. The molecule has 2 heteroatoms. The molecule has 0 saturated heterocycles. The Morgan fingerprint density at radius 2 is 0.738 bits per heavy atom. The minimum absolute atomic E-state index is 0.960. The minimum atomic E-state index is 0.960. The summed E-state index contributed by atoms with van der Waals surface area (Å²) in [5.41, 5.74) is 8.49. The van der Waals surface area contributed by atoms with Crippen LogP contribution in [-0.4, -0.2) is 9.97 Å². The molecule has 0 amide bonds. The second-order valence-electron chi connectivity index (χ2n) is 10.7. The summed E-state index contributed by atoms with van der Waals surface area (Å²) in [7, 11) is 0. The molecule has 2 heterocycles. The molecule has 0 N–H and O–H groups in total. The van der Waals surface area contributed by atoms with E-state index >= 15 is 0 Å². The van der Waals surface area contributed by atoms with Crippen LogP contribution in [0.3, 0.4) is 0 Å². The average molecular weight is 535 g/mol. The van der Waals surface area contributed by atoms with E-state index in [1.54, 1.807) is 0 Å². The highest BCUT2D eigenvalue weighted by molar-refractivity contribution is 5.90. The zero-order valence-electron chi connectivity index (χ0n) is 22.9. The van der Waals surface area contributed by atoms with Gasteiger partial charge in [-0.2, -0.15) is 0 Å². The van der Waals surface area contributed by atoms with Gasteiger partial charge >= 0.3 is 0 Å². The highest BCUT2D eigenvalue weighted by Gasteiger charge is 2.11. The molecule has 0 spiro atoms. The lowest BCUT2D eigenvalue weighted by molar-refractivity contribution is 1.33. The molecule has 8 rings (SSSR count). The van der Waals surface area contributed by atoms with Crippen LogP contribution < -0.4 is 0 Å². The van der Waals surface area contributed by atoms with Crippen LogP contribution >= 0.6 is 0 Å². The van der Waals surface area contributed by atoms with Gasteiger partial charge in [0, 0.05) is 28.3 Å². The second-order valence-corrected chi connectivity index (χ2v) is 10.7. The van der Waals surface area contributed by atoms with Gasteiger partial charge in [-0.15, -0.1) is 0 Å². The van der Waals surface area contributed by atoms with Gasteiger partial charge in [0.1, 0.15) is 0 Å². The van der Waals surface area contributed by atoms with Crippen LogP contribution in [0.5, 0.6) is 0 Å². The maximum absolute atomic E-state index is 5.20. The van der Waals surface area contributed by atoms with Gasteiger partial charge in [0.05, 0.1) is 17.1 Å². The zero-order chi connectivity index (χ0) is 27.9. The molecule has 0 radical (unpaired) electrons. The molecule has 42 heavy (non-hydrogen) atoms. The molecule has 0 aliphatic carbocycles. The lowest BCUT2D eigenvalue weighted by Gasteiger charge is -2.12. The monoisotopic (exact) mass is 534 g/mol. The third-order valence-electron chi connectivity index (χ3n) is 8.06. The van der Waals surface area contributed by atoms with Crippen molar-refractivity contribution in [3.05, 3.63) is 158 Å². The van der Waals surface area contributed by atoms with E-state index in [4.69, 9.17) is 9.97 Å². The Labute approximate surface area is 244 Å². The Bertz CT molecular complexity index is 2150. The van der Waals surface area contributed by atoms with Gasteiger partial charge in [-0.3, -0.25) is 4.98 Å². The van der Waals surface area contributed by atoms with E-state index in [9.17, 15) is 0 Å². The fourth-order valence-electron chi connectivity index (χ4n) is 5.77. The van der Waals surface area contributed by atoms with Crippen LogP contribution in [0.15, 0.2) is 158 Å². The first kappa shape index (κ1) is 24.2. The summed E-state index contributed by atoms with van der Waals surface area (Å²) in [5, 5.41) is 7.22. The van der Waals surface area contributed by atoms with E-state index in [0.29, 0.717) is 0 Å². The Hall–Kier alpha value is -5.60. The van der Waals surface area contributed by atoms with Gasteiger partial charge in [0.2, 0.25) is 0 Å². The van der Waals surface area contributed by atoms with Crippen LogP contribution in [0.25, 0.3) is 77.2 Å². The van der Waals surface area contributed by atoms with Crippen LogP contribution in [0, 0.1) is 0 Å². The summed E-state index contributed by atoms with van der Waals surface area (Å²) in [4.78, 5) is 9.92. The Kier molecular flexibility index (Phi) is 5.82. The number of fused-ring (bicyclic) bond motifs is 3. The van der Waals surface area contributed by atoms with Gasteiger partial charge in [0.25, 0.3) is 0 Å². The summed E-state index contributed by atoms with van der Waals surface area (Å²) in [6, 6.07) is 53.8. The fraction of sp³-hybridized carbons (Fsp3) is 0. The SMILES string of the molecule is c1ccc2cc(-c3cc(-c4ccc(-c5cc6ccccc6cn5)cc4)cc(-c4ccc5ccccc5c4)n3)ccc2c1. The van der Waals surface area contributed by atoms with Gasteiger partial charge in [0.15, 0.2) is 0 Å². The predicted molar refractivity (Wildman–Crippen MR) is 176 cm³/mol. The lowest BCUT2D eigenvalue weighted by atomic mass is 9.97. The topological polar surface area (TPSA) is 25.8 Å². The third-order valence-corrected chi connectivity index (χ3v) is 8.06. The number of pyridine rings is 2. The number of rotatable bonds is 4. The van der Waals surface area contributed by atoms with Crippen molar-refractivity contribution >= 4 is 32.3 Å². The normalized spacial score (nSPS) is 11.3. The molecular weight excluding hydrogens is 508 g/mol. The summed E-state index contributed by atoms with van der Waals surface area (Å²) in [6.45, 7) is 0. The number of hydrogen-bond donors (Lipinski definition) is 0. The van der Waals surface area contributed by atoms with Crippen molar-refractivity contribution in [1.29, 1.82) is 0 Å². The van der Waals surface area contributed by atoms with Gasteiger partial charge in [-0.1, -0.05) is 121 Å². The summed E-state index contributed by atoms with van der Waals surface area (Å²) in [6.07, 6.45) is 1.95. The molecule has 6 aromatic carbocycles. The maximum atomic E-state index is 5.20. The summed E-state index contributed by atoms with van der Waals surface area (Å²) >= 11 is 0. The predicted octanol–water partition coefficient (Wildman–Crippen LogP) is 10.6. The molecule has 0 atom stereocenters. The van der Waals surface area contributed by atoms with Gasteiger partial charge < -0.3 is 0 Å². The van der Waals surface area contributed by atoms with Crippen molar-refractivity contribution in [1.82, 2.24) is 9.97 Å². The first-order chi connectivity index (χ1) is 20.8. The van der Waals surface area contributed by atoms with Gasteiger partial charge in [-0.05, 0) is 68.4 Å². The molecule has 2 aromatic heterocycles. The first-order valence-electron chi connectivity index (χ1n) is 14.2. The maximum Gasteiger partial charge on any atom is 0.0715 e. The highest BCUT2D eigenvalue weighted by atomic mass is 14.7. The standard InChI is InChI=1S/C40H26N2/c1-3-9-31-21-34(19-15-27(31)7-1)39-24-37(25-40(42-39)35-20-16-28-8-2-4-10-32(28)22-35)29-13-17-30(18-14-29)38-23-33-11-5-6-12-36(33)26-41-38/h1-26H. The summed E-state index contributed by atoms with van der Waals surface area (Å²) < 4.78 is 0. The van der Waals surface area contributed by atoms with E-state index in [1.165, 1.54) is 26.9 Å². The van der Waals surface area contributed by atoms with Gasteiger partial charge in [-0.25, -0.2) is 4.98 Å². The van der Waals surface area contributed by atoms with Crippen molar-refractivity contribution in [3.8, 4) is 44.9 Å². The molecule has 0 bridgehead atoms.